The Morgan fingerprint density at radius 3 is 2.29 bits per heavy atom. The number of carbonyl (C=O) groups is 1. The number of furan rings is 1. The van der Waals surface area contributed by atoms with Crippen molar-refractivity contribution in [1.82, 2.24) is 10.2 Å². The molecule has 0 aliphatic heterocycles. The SMILES string of the molecule is CCN(CC)C(CNC(=O)CC(C)c1ccc(C(F)(F)F)cc1)c1ccco1. The third kappa shape index (κ3) is 5.86. The van der Waals surface area contributed by atoms with E-state index < -0.39 is 11.7 Å². The standard InChI is InChI=1S/C21H27F3N2O2/c1-4-26(5-2)18(19-7-6-12-28-19)14-25-20(27)13-15(3)16-8-10-17(11-9-16)21(22,23)24/h6-12,15,18H,4-5,13-14H2,1-3H3,(H,25,27). The van der Waals surface area contributed by atoms with Crippen molar-refractivity contribution < 1.29 is 22.4 Å². The van der Waals surface area contributed by atoms with E-state index >= 15 is 0 Å². The molecular formula is C21H27F3N2O2. The summed E-state index contributed by atoms with van der Waals surface area (Å²) >= 11 is 0. The third-order valence-electron chi connectivity index (χ3n) is 4.92. The number of amides is 1. The molecule has 154 valence electrons. The molecule has 28 heavy (non-hydrogen) atoms. The maximum atomic E-state index is 12.7. The van der Waals surface area contributed by atoms with Crippen LogP contribution in [0.15, 0.2) is 47.1 Å². The van der Waals surface area contributed by atoms with E-state index in [0.717, 1.165) is 31.0 Å². The molecule has 0 spiro atoms. The van der Waals surface area contributed by atoms with Crippen LogP contribution >= 0.6 is 0 Å². The first-order valence-electron chi connectivity index (χ1n) is 9.47. The van der Waals surface area contributed by atoms with Crippen LogP contribution in [0.5, 0.6) is 0 Å². The minimum absolute atomic E-state index is 0.0599. The zero-order valence-corrected chi connectivity index (χ0v) is 16.4. The summed E-state index contributed by atoms with van der Waals surface area (Å²) in [5, 5.41) is 2.94. The van der Waals surface area contributed by atoms with E-state index in [-0.39, 0.29) is 24.3 Å². The smallest absolute Gasteiger partial charge is 0.416 e. The van der Waals surface area contributed by atoms with Gasteiger partial charge in [0.15, 0.2) is 0 Å². The number of alkyl halides is 3. The van der Waals surface area contributed by atoms with Crippen LogP contribution in [-0.4, -0.2) is 30.4 Å². The molecule has 0 aliphatic rings. The van der Waals surface area contributed by atoms with Crippen LogP contribution in [0, 0.1) is 0 Å². The van der Waals surface area contributed by atoms with Gasteiger partial charge in [0.1, 0.15) is 5.76 Å². The van der Waals surface area contributed by atoms with E-state index in [1.54, 1.807) is 6.26 Å². The number of benzene rings is 1. The number of hydrogen-bond donors (Lipinski definition) is 1. The molecular weight excluding hydrogens is 369 g/mol. The molecule has 2 unspecified atom stereocenters. The molecule has 0 aliphatic carbocycles. The van der Waals surface area contributed by atoms with E-state index in [1.165, 1.54) is 12.1 Å². The molecule has 2 atom stereocenters. The maximum absolute atomic E-state index is 12.7. The second-order valence-electron chi connectivity index (χ2n) is 6.78. The molecule has 1 aromatic heterocycles. The molecule has 1 amide bonds. The van der Waals surface area contributed by atoms with Gasteiger partial charge in [-0.25, -0.2) is 0 Å². The Morgan fingerprint density at radius 1 is 1.14 bits per heavy atom. The van der Waals surface area contributed by atoms with Gasteiger partial charge in [0.2, 0.25) is 5.91 Å². The fourth-order valence-corrected chi connectivity index (χ4v) is 3.23. The lowest BCUT2D eigenvalue weighted by Gasteiger charge is -2.28. The van der Waals surface area contributed by atoms with Crippen molar-refractivity contribution in [3.8, 4) is 0 Å². The molecule has 0 radical (unpaired) electrons. The monoisotopic (exact) mass is 396 g/mol. The molecule has 0 saturated carbocycles. The quantitative estimate of drug-likeness (QED) is 0.649. The van der Waals surface area contributed by atoms with Crippen molar-refractivity contribution in [3.63, 3.8) is 0 Å². The van der Waals surface area contributed by atoms with Crippen molar-refractivity contribution in [2.24, 2.45) is 0 Å². The first kappa shape index (κ1) is 22.0. The van der Waals surface area contributed by atoms with Gasteiger partial charge in [-0.05, 0) is 48.8 Å². The average molecular weight is 396 g/mol. The van der Waals surface area contributed by atoms with Gasteiger partial charge in [0.05, 0.1) is 17.9 Å². The molecule has 7 heteroatoms. The van der Waals surface area contributed by atoms with Gasteiger partial charge in [-0.1, -0.05) is 32.9 Å². The van der Waals surface area contributed by atoms with Gasteiger partial charge >= 0.3 is 6.18 Å². The zero-order valence-electron chi connectivity index (χ0n) is 16.4. The van der Waals surface area contributed by atoms with E-state index in [0.29, 0.717) is 12.1 Å². The summed E-state index contributed by atoms with van der Waals surface area (Å²) in [5.74, 6) is 0.466. The number of rotatable bonds is 9. The summed E-state index contributed by atoms with van der Waals surface area (Å²) in [6, 6.07) is 8.62. The van der Waals surface area contributed by atoms with Gasteiger partial charge in [-0.3, -0.25) is 9.69 Å². The molecule has 1 heterocycles. The van der Waals surface area contributed by atoms with Gasteiger partial charge < -0.3 is 9.73 Å². The Hall–Kier alpha value is -2.28. The third-order valence-corrected chi connectivity index (χ3v) is 4.92. The van der Waals surface area contributed by atoms with Crippen molar-refractivity contribution in [2.75, 3.05) is 19.6 Å². The molecule has 0 fully saturated rings. The molecule has 1 N–H and O–H groups in total. The minimum Gasteiger partial charge on any atom is -0.468 e. The minimum atomic E-state index is -4.36. The number of carbonyl (C=O) groups excluding carboxylic acids is 1. The zero-order chi connectivity index (χ0) is 20.7. The maximum Gasteiger partial charge on any atom is 0.416 e. The normalized spacial score (nSPS) is 14.1. The first-order valence-corrected chi connectivity index (χ1v) is 9.47. The Balaban J connectivity index is 1.94. The number of hydrogen-bond acceptors (Lipinski definition) is 3. The van der Waals surface area contributed by atoms with Crippen LogP contribution in [0.3, 0.4) is 0 Å². The lowest BCUT2D eigenvalue weighted by atomic mass is 9.96. The summed E-state index contributed by atoms with van der Waals surface area (Å²) in [7, 11) is 0. The number of likely N-dealkylation sites (N-methyl/N-ethyl adjacent to an activating group) is 1. The lowest BCUT2D eigenvalue weighted by Crippen LogP contribution is -2.38. The highest BCUT2D eigenvalue weighted by atomic mass is 19.4. The average Bonchev–Trinajstić information content (AvgIpc) is 3.18. The summed E-state index contributed by atoms with van der Waals surface area (Å²) in [4.78, 5) is 14.6. The highest BCUT2D eigenvalue weighted by Gasteiger charge is 2.30. The van der Waals surface area contributed by atoms with Gasteiger partial charge in [0, 0.05) is 13.0 Å². The number of nitrogens with zero attached hydrogens (tertiary/aromatic N) is 1. The molecule has 4 nitrogen and oxygen atoms in total. The van der Waals surface area contributed by atoms with Gasteiger partial charge in [-0.2, -0.15) is 13.2 Å². The molecule has 2 aromatic rings. The van der Waals surface area contributed by atoms with Crippen molar-refractivity contribution >= 4 is 5.91 Å². The number of nitrogens with one attached hydrogen (secondary N) is 1. The van der Waals surface area contributed by atoms with Crippen LogP contribution in [0.1, 0.15) is 56.0 Å². The van der Waals surface area contributed by atoms with Crippen molar-refractivity contribution in [3.05, 3.63) is 59.5 Å². The molecule has 1 aromatic carbocycles. The fraction of sp³-hybridized carbons (Fsp3) is 0.476. The second kappa shape index (κ2) is 9.78. The Morgan fingerprint density at radius 2 is 1.79 bits per heavy atom. The van der Waals surface area contributed by atoms with Crippen LogP contribution in [0.4, 0.5) is 13.2 Å². The largest absolute Gasteiger partial charge is 0.468 e. The van der Waals surface area contributed by atoms with E-state index in [2.05, 4.69) is 10.2 Å². The van der Waals surface area contributed by atoms with E-state index in [1.807, 2.05) is 32.9 Å². The van der Waals surface area contributed by atoms with Crippen molar-refractivity contribution in [2.45, 2.75) is 45.3 Å². The highest BCUT2D eigenvalue weighted by Crippen LogP contribution is 2.30. The first-order chi connectivity index (χ1) is 13.3. The molecule has 0 bridgehead atoms. The fourth-order valence-electron chi connectivity index (χ4n) is 3.23. The Bertz CT molecular complexity index is 723. The molecule has 0 saturated heterocycles. The van der Waals surface area contributed by atoms with Crippen LogP contribution < -0.4 is 5.32 Å². The summed E-state index contributed by atoms with van der Waals surface area (Å²) < 4.78 is 43.5. The number of halogens is 3. The highest BCUT2D eigenvalue weighted by molar-refractivity contribution is 5.76. The van der Waals surface area contributed by atoms with Crippen molar-refractivity contribution in [1.29, 1.82) is 0 Å². The molecule has 2 rings (SSSR count). The Kier molecular flexibility index (Phi) is 7.69. The second-order valence-corrected chi connectivity index (χ2v) is 6.78. The summed E-state index contributed by atoms with van der Waals surface area (Å²) in [6.45, 7) is 7.98. The van der Waals surface area contributed by atoms with E-state index in [9.17, 15) is 18.0 Å². The van der Waals surface area contributed by atoms with Crippen LogP contribution in [-0.2, 0) is 11.0 Å². The van der Waals surface area contributed by atoms with Gasteiger partial charge in [-0.15, -0.1) is 0 Å². The Labute approximate surface area is 163 Å². The van der Waals surface area contributed by atoms with Crippen LogP contribution in [0.25, 0.3) is 0 Å². The topological polar surface area (TPSA) is 45.5 Å². The predicted molar refractivity (Wildman–Crippen MR) is 102 cm³/mol. The van der Waals surface area contributed by atoms with Crippen LogP contribution in [0.2, 0.25) is 0 Å². The summed E-state index contributed by atoms with van der Waals surface area (Å²) in [6.07, 6.45) is -2.54. The lowest BCUT2D eigenvalue weighted by molar-refractivity contribution is -0.137. The summed E-state index contributed by atoms with van der Waals surface area (Å²) in [5.41, 5.74) is 0.0166. The predicted octanol–water partition coefficient (Wildman–Crippen LogP) is 4.99. The van der Waals surface area contributed by atoms with Gasteiger partial charge in [0.25, 0.3) is 0 Å². The van der Waals surface area contributed by atoms with E-state index in [4.69, 9.17) is 4.42 Å².